The molecule has 1 unspecified atom stereocenters. The second-order valence-electron chi connectivity index (χ2n) is 6.14. The largest absolute Gasteiger partial charge is 0.362 e. The fraction of sp³-hybridized carbons (Fsp3) is 0.824. The Morgan fingerprint density at radius 1 is 1.04 bits per heavy atom. The van der Waals surface area contributed by atoms with E-state index in [1.807, 2.05) is 0 Å². The molecule has 0 rings (SSSR count). The number of amides is 1. The average molecular weight is 348 g/mol. The number of nitrogens with zero attached hydrogens (tertiary/aromatic N) is 1. The second-order valence-corrected chi connectivity index (χ2v) is 7.42. The molecule has 23 heavy (non-hydrogen) atoms. The number of hydrogen-bond acceptors (Lipinski definition) is 3. The zero-order valence-corrected chi connectivity index (χ0v) is 15.5. The molecule has 1 atom stereocenters. The van der Waals surface area contributed by atoms with Crippen LogP contribution in [0.2, 0.25) is 0 Å². The van der Waals surface area contributed by atoms with Crippen molar-refractivity contribution in [3.63, 3.8) is 0 Å². The van der Waals surface area contributed by atoms with Crippen molar-refractivity contribution in [1.82, 2.24) is 4.31 Å². The van der Waals surface area contributed by atoms with Gasteiger partial charge in [-0.2, -0.15) is 8.42 Å². The van der Waals surface area contributed by atoms with Crippen LogP contribution in [0.5, 0.6) is 0 Å². The Kier molecular flexibility index (Phi) is 12.1. The van der Waals surface area contributed by atoms with E-state index in [1.54, 1.807) is 6.92 Å². The maximum atomic E-state index is 11.6. The molecule has 6 heteroatoms. The molecule has 0 saturated heterocycles. The first-order chi connectivity index (χ1) is 10.8. The molecule has 0 aliphatic rings. The van der Waals surface area contributed by atoms with Crippen molar-refractivity contribution in [3.05, 3.63) is 12.7 Å². The summed E-state index contributed by atoms with van der Waals surface area (Å²) in [6, 6.07) is -0.551. The normalized spacial score (nSPS) is 12.8. The van der Waals surface area contributed by atoms with Crippen LogP contribution in [0.1, 0.15) is 84.5 Å². The number of hydrogen-bond donors (Lipinski definition) is 1. The Bertz CT molecular complexity index is 434. The third-order valence-electron chi connectivity index (χ3n) is 4.02. The van der Waals surface area contributed by atoms with Gasteiger partial charge in [0.15, 0.2) is 0 Å². The van der Waals surface area contributed by atoms with Gasteiger partial charge in [0, 0.05) is 6.04 Å². The van der Waals surface area contributed by atoms with E-state index >= 15 is 0 Å². The molecule has 0 aliphatic heterocycles. The number of rotatable bonds is 14. The van der Waals surface area contributed by atoms with E-state index in [4.69, 9.17) is 4.55 Å². The molecule has 0 aromatic rings. The molecule has 0 saturated carbocycles. The van der Waals surface area contributed by atoms with Crippen molar-refractivity contribution >= 4 is 16.2 Å². The summed E-state index contributed by atoms with van der Waals surface area (Å²) in [5, 5.41) is 0. The Morgan fingerprint density at radius 3 is 1.87 bits per heavy atom. The van der Waals surface area contributed by atoms with E-state index in [9.17, 15) is 13.2 Å². The molecule has 1 N–H and O–H groups in total. The zero-order chi connectivity index (χ0) is 17.7. The lowest BCUT2D eigenvalue weighted by atomic mass is 10.0. The van der Waals surface area contributed by atoms with Crippen LogP contribution in [0.4, 0.5) is 0 Å². The molecule has 0 spiro atoms. The van der Waals surface area contributed by atoms with Gasteiger partial charge in [-0.3, -0.25) is 9.35 Å². The SMILES string of the molecule is C=CC(=O)N(C(C)CCCCCCCCCCCC)S(=O)(=O)O. The molecule has 0 aromatic carbocycles. The van der Waals surface area contributed by atoms with Gasteiger partial charge in [0.1, 0.15) is 0 Å². The maximum Gasteiger partial charge on any atom is 0.362 e. The number of unbranched alkanes of at least 4 members (excludes halogenated alkanes) is 9. The van der Waals surface area contributed by atoms with Crippen LogP contribution in [-0.4, -0.2) is 29.2 Å². The van der Waals surface area contributed by atoms with Gasteiger partial charge in [0.25, 0.3) is 5.91 Å². The number of carbonyl (C=O) groups excluding carboxylic acids is 1. The lowest BCUT2D eigenvalue weighted by molar-refractivity contribution is -0.123. The molecular weight excluding hydrogens is 314 g/mol. The zero-order valence-electron chi connectivity index (χ0n) is 14.7. The Labute approximate surface area is 142 Å². The monoisotopic (exact) mass is 347 g/mol. The summed E-state index contributed by atoms with van der Waals surface area (Å²) in [5.41, 5.74) is 0. The summed E-state index contributed by atoms with van der Waals surface area (Å²) in [6.45, 7) is 7.11. The van der Waals surface area contributed by atoms with Crippen LogP contribution in [0.25, 0.3) is 0 Å². The molecule has 0 fully saturated rings. The van der Waals surface area contributed by atoms with E-state index in [1.165, 1.54) is 44.9 Å². The van der Waals surface area contributed by atoms with Crippen molar-refractivity contribution < 1.29 is 17.8 Å². The van der Waals surface area contributed by atoms with Gasteiger partial charge in [-0.15, -0.1) is 0 Å². The van der Waals surface area contributed by atoms with Gasteiger partial charge >= 0.3 is 10.3 Å². The quantitative estimate of drug-likeness (QED) is 0.285. The fourth-order valence-electron chi connectivity index (χ4n) is 2.69. The molecular formula is C17H33NO4S. The molecule has 5 nitrogen and oxygen atoms in total. The molecule has 0 aromatic heterocycles. The van der Waals surface area contributed by atoms with Gasteiger partial charge in [-0.05, 0) is 19.4 Å². The van der Waals surface area contributed by atoms with E-state index in [0.29, 0.717) is 10.7 Å². The first-order valence-corrected chi connectivity index (χ1v) is 10.2. The third kappa shape index (κ3) is 10.5. The minimum Gasteiger partial charge on any atom is -0.269 e. The van der Waals surface area contributed by atoms with Gasteiger partial charge < -0.3 is 0 Å². The van der Waals surface area contributed by atoms with Crippen LogP contribution in [-0.2, 0) is 15.1 Å². The molecule has 0 bridgehead atoms. The van der Waals surface area contributed by atoms with Gasteiger partial charge in [-0.1, -0.05) is 77.7 Å². The van der Waals surface area contributed by atoms with Crippen LogP contribution in [0, 0.1) is 0 Å². The summed E-state index contributed by atoms with van der Waals surface area (Å²) in [5.74, 6) is -0.785. The highest BCUT2D eigenvalue weighted by molar-refractivity contribution is 7.84. The molecule has 0 aliphatic carbocycles. The minimum absolute atomic E-state index is 0.508. The molecule has 136 valence electrons. The van der Waals surface area contributed by atoms with Crippen LogP contribution in [0.3, 0.4) is 0 Å². The summed E-state index contributed by atoms with van der Waals surface area (Å²) < 4.78 is 32.2. The standard InChI is InChI=1S/C17H33NO4S/c1-4-6-7-8-9-10-11-12-13-14-15-16(3)18(17(19)5-2)23(20,21)22/h5,16H,2,4,6-15H2,1,3H3,(H,20,21,22). The van der Waals surface area contributed by atoms with E-state index in [2.05, 4.69) is 13.5 Å². The Hall–Kier alpha value is -0.880. The topological polar surface area (TPSA) is 74.7 Å². The number of carbonyl (C=O) groups is 1. The third-order valence-corrected chi connectivity index (χ3v) is 5.05. The summed E-state index contributed by atoms with van der Waals surface area (Å²) in [6.07, 6.45) is 13.4. The molecule has 0 radical (unpaired) electrons. The van der Waals surface area contributed by atoms with E-state index in [-0.39, 0.29) is 0 Å². The first-order valence-electron chi connectivity index (χ1n) is 8.77. The lowest BCUT2D eigenvalue weighted by Crippen LogP contribution is -2.41. The predicted molar refractivity (Wildman–Crippen MR) is 94.5 cm³/mol. The maximum absolute atomic E-state index is 11.6. The smallest absolute Gasteiger partial charge is 0.269 e. The van der Waals surface area contributed by atoms with Gasteiger partial charge in [-0.25, -0.2) is 4.31 Å². The van der Waals surface area contributed by atoms with Gasteiger partial charge in [0.05, 0.1) is 0 Å². The Morgan fingerprint density at radius 2 is 1.48 bits per heavy atom. The Balaban J connectivity index is 3.86. The van der Waals surface area contributed by atoms with Crippen LogP contribution >= 0.6 is 0 Å². The highest BCUT2D eigenvalue weighted by Gasteiger charge is 2.28. The summed E-state index contributed by atoms with van der Waals surface area (Å²) >= 11 is 0. The van der Waals surface area contributed by atoms with Crippen LogP contribution in [0.15, 0.2) is 12.7 Å². The fourth-order valence-corrected chi connectivity index (χ4v) is 3.55. The second kappa shape index (κ2) is 12.5. The predicted octanol–water partition coefficient (Wildman–Crippen LogP) is 4.50. The van der Waals surface area contributed by atoms with Crippen LogP contribution < -0.4 is 0 Å². The average Bonchev–Trinajstić information content (AvgIpc) is 2.47. The van der Waals surface area contributed by atoms with Crippen molar-refractivity contribution in [2.45, 2.75) is 90.5 Å². The molecule has 1 amide bonds. The van der Waals surface area contributed by atoms with E-state index in [0.717, 1.165) is 25.3 Å². The minimum atomic E-state index is -4.53. The summed E-state index contributed by atoms with van der Waals surface area (Å²) in [4.78, 5) is 11.6. The first kappa shape index (κ1) is 22.1. The van der Waals surface area contributed by atoms with Crippen molar-refractivity contribution in [2.24, 2.45) is 0 Å². The van der Waals surface area contributed by atoms with E-state index < -0.39 is 22.3 Å². The van der Waals surface area contributed by atoms with Crippen molar-refractivity contribution in [1.29, 1.82) is 0 Å². The van der Waals surface area contributed by atoms with Gasteiger partial charge in [0.2, 0.25) is 0 Å². The van der Waals surface area contributed by atoms with Crippen molar-refractivity contribution in [3.8, 4) is 0 Å². The van der Waals surface area contributed by atoms with Crippen molar-refractivity contribution in [2.75, 3.05) is 0 Å². The lowest BCUT2D eigenvalue weighted by Gasteiger charge is -2.24. The molecule has 0 heterocycles. The highest BCUT2D eigenvalue weighted by Crippen LogP contribution is 2.16. The summed E-state index contributed by atoms with van der Waals surface area (Å²) in [7, 11) is -4.53. The highest BCUT2D eigenvalue weighted by atomic mass is 32.2.